The van der Waals surface area contributed by atoms with Crippen LogP contribution >= 0.6 is 35.0 Å². The zero-order chi connectivity index (χ0) is 21.8. The molecule has 3 aromatic rings. The minimum absolute atomic E-state index is 0.109. The van der Waals surface area contributed by atoms with Gasteiger partial charge in [-0.1, -0.05) is 41.0 Å². The van der Waals surface area contributed by atoms with Crippen molar-refractivity contribution in [3.8, 4) is 5.69 Å². The number of nitrogens with zero attached hydrogens (tertiary/aromatic N) is 3. The van der Waals surface area contributed by atoms with E-state index in [2.05, 4.69) is 36.5 Å². The smallest absolute Gasteiger partial charge is 0.237 e. The highest BCUT2D eigenvalue weighted by atomic mass is 35.5. The molecule has 6 nitrogen and oxygen atoms in total. The number of hydrogen-bond donors (Lipinski definition) is 2. The summed E-state index contributed by atoms with van der Waals surface area (Å²) in [7, 11) is 4.14. The van der Waals surface area contributed by atoms with E-state index in [0.717, 1.165) is 11.5 Å². The second-order valence-corrected chi connectivity index (χ2v) is 9.39. The van der Waals surface area contributed by atoms with Crippen LogP contribution in [0.25, 0.3) is 5.69 Å². The maximum atomic E-state index is 12.7. The lowest BCUT2D eigenvalue weighted by Crippen LogP contribution is -3.05. The highest BCUT2D eigenvalue weighted by Gasteiger charge is 2.26. The average molecular weight is 465 g/mol. The lowest BCUT2D eigenvalue weighted by Gasteiger charge is -2.19. The monoisotopic (exact) mass is 464 g/mol. The van der Waals surface area contributed by atoms with E-state index in [4.69, 9.17) is 23.2 Å². The molecule has 0 unspecified atom stereocenters. The van der Waals surface area contributed by atoms with Crippen LogP contribution in [0, 0.1) is 0 Å². The molecule has 2 N–H and O–H groups in total. The van der Waals surface area contributed by atoms with Gasteiger partial charge in [-0.2, -0.15) is 0 Å². The number of halogens is 2. The summed E-state index contributed by atoms with van der Waals surface area (Å²) >= 11 is 13.4. The first kappa shape index (κ1) is 22.6. The number of quaternary nitrogens is 1. The van der Waals surface area contributed by atoms with Crippen LogP contribution in [-0.2, 0) is 4.79 Å². The summed E-state index contributed by atoms with van der Waals surface area (Å²) in [5, 5.41) is 13.2. The molecule has 2 atom stereocenters. The van der Waals surface area contributed by atoms with Crippen LogP contribution < -0.4 is 10.2 Å². The van der Waals surface area contributed by atoms with Crippen LogP contribution in [0.2, 0.25) is 10.0 Å². The van der Waals surface area contributed by atoms with E-state index in [1.54, 1.807) is 24.3 Å². The number of thioether (sulfide) groups is 1. The third-order valence-corrected chi connectivity index (χ3v) is 6.27. The van der Waals surface area contributed by atoms with Gasteiger partial charge in [0.15, 0.2) is 11.0 Å². The van der Waals surface area contributed by atoms with Crippen LogP contribution in [0.3, 0.4) is 0 Å². The van der Waals surface area contributed by atoms with E-state index in [9.17, 15) is 4.79 Å². The molecule has 2 aromatic carbocycles. The first-order valence-corrected chi connectivity index (χ1v) is 11.1. The predicted molar refractivity (Wildman–Crippen MR) is 123 cm³/mol. The van der Waals surface area contributed by atoms with E-state index in [1.807, 2.05) is 35.8 Å². The molecule has 0 fully saturated rings. The molecule has 0 saturated heterocycles. The molecule has 30 heavy (non-hydrogen) atoms. The van der Waals surface area contributed by atoms with Crippen molar-refractivity contribution in [3.63, 3.8) is 0 Å². The fraction of sp³-hybridized carbons (Fsp3) is 0.286. The zero-order valence-electron chi connectivity index (χ0n) is 17.2. The topological polar surface area (TPSA) is 64.2 Å². The Balaban J connectivity index is 1.87. The number of carbonyl (C=O) groups is 1. The second-order valence-electron chi connectivity index (χ2n) is 7.21. The largest absolute Gasteiger partial charge is 0.331 e. The van der Waals surface area contributed by atoms with E-state index < -0.39 is 5.25 Å². The first-order valence-electron chi connectivity index (χ1n) is 9.50. The molecule has 1 aromatic heterocycles. The summed E-state index contributed by atoms with van der Waals surface area (Å²) in [6, 6.07) is 14.7. The Kier molecular flexibility index (Phi) is 7.41. The minimum Gasteiger partial charge on any atom is -0.331 e. The molecule has 158 valence electrons. The van der Waals surface area contributed by atoms with Crippen molar-refractivity contribution in [1.82, 2.24) is 14.8 Å². The van der Waals surface area contributed by atoms with Crippen molar-refractivity contribution < 1.29 is 9.69 Å². The molecular formula is C21H24Cl2N5OS+. The Morgan fingerprint density at radius 1 is 1.07 bits per heavy atom. The number of hydrogen-bond acceptors (Lipinski definition) is 4. The Hall–Kier alpha value is -2.06. The van der Waals surface area contributed by atoms with Gasteiger partial charge < -0.3 is 10.2 Å². The average Bonchev–Trinajstić information content (AvgIpc) is 3.11. The molecule has 0 aliphatic heterocycles. The second kappa shape index (κ2) is 9.83. The van der Waals surface area contributed by atoms with Gasteiger partial charge in [0, 0.05) is 21.4 Å². The maximum Gasteiger partial charge on any atom is 0.237 e. The zero-order valence-corrected chi connectivity index (χ0v) is 19.5. The van der Waals surface area contributed by atoms with Crippen molar-refractivity contribution in [2.45, 2.75) is 30.3 Å². The lowest BCUT2D eigenvalue weighted by molar-refractivity contribution is -0.890. The minimum atomic E-state index is -0.394. The van der Waals surface area contributed by atoms with Crippen LogP contribution in [0.5, 0.6) is 0 Å². The predicted octanol–water partition coefficient (Wildman–Crippen LogP) is 3.90. The van der Waals surface area contributed by atoms with Crippen molar-refractivity contribution in [2.24, 2.45) is 0 Å². The van der Waals surface area contributed by atoms with E-state index in [-0.39, 0.29) is 11.9 Å². The Morgan fingerprint density at radius 3 is 2.40 bits per heavy atom. The number of nitrogens with one attached hydrogen (secondary N) is 2. The standard InChI is InChI=1S/C21H23Cl2N5OS/c1-13(27(3)4)19-25-26-21(28(19)18-10-8-15(22)9-11-18)30-14(2)20(29)24-17-7-5-6-16(23)12-17/h5-14H,1-4H3,(H,24,29)/p+1/t13-,14+/m1/s1. The number of anilines is 1. The number of rotatable bonds is 7. The highest BCUT2D eigenvalue weighted by molar-refractivity contribution is 8.00. The third-order valence-electron chi connectivity index (χ3n) is 4.74. The molecule has 0 radical (unpaired) electrons. The number of carbonyl (C=O) groups excluding carboxylic acids is 1. The van der Waals surface area contributed by atoms with Gasteiger partial charge in [0.1, 0.15) is 6.04 Å². The van der Waals surface area contributed by atoms with Crippen LogP contribution in [0.4, 0.5) is 5.69 Å². The fourth-order valence-electron chi connectivity index (χ4n) is 2.75. The summed E-state index contributed by atoms with van der Waals surface area (Å²) in [6.07, 6.45) is 0. The number of benzene rings is 2. The van der Waals surface area contributed by atoms with Gasteiger partial charge in [-0.3, -0.25) is 9.36 Å². The van der Waals surface area contributed by atoms with Gasteiger partial charge in [-0.15, -0.1) is 10.2 Å². The molecule has 1 amide bonds. The third kappa shape index (κ3) is 5.35. The fourth-order valence-corrected chi connectivity index (χ4v) is 3.94. The summed E-state index contributed by atoms with van der Waals surface area (Å²) in [4.78, 5) is 13.9. The molecule has 3 rings (SSSR count). The Labute approximate surface area is 190 Å². The molecular weight excluding hydrogens is 441 g/mol. The van der Waals surface area contributed by atoms with Crippen LogP contribution in [0.15, 0.2) is 53.7 Å². The van der Waals surface area contributed by atoms with Gasteiger partial charge >= 0.3 is 0 Å². The number of amides is 1. The van der Waals surface area contributed by atoms with Crippen molar-refractivity contribution in [3.05, 3.63) is 64.4 Å². The number of aromatic nitrogens is 3. The lowest BCUT2D eigenvalue weighted by atomic mass is 10.2. The van der Waals surface area contributed by atoms with Crippen LogP contribution in [-0.4, -0.2) is 40.0 Å². The molecule has 0 saturated carbocycles. The van der Waals surface area contributed by atoms with Crippen molar-refractivity contribution >= 4 is 46.6 Å². The summed E-state index contributed by atoms with van der Waals surface area (Å²) in [5.41, 5.74) is 1.56. The quantitative estimate of drug-likeness (QED) is 0.520. The molecule has 0 aliphatic rings. The van der Waals surface area contributed by atoms with E-state index in [1.165, 1.54) is 16.7 Å². The van der Waals surface area contributed by atoms with E-state index in [0.29, 0.717) is 20.9 Å². The Bertz CT molecular complexity index is 1020. The normalized spacial score (nSPS) is 13.3. The van der Waals surface area contributed by atoms with Gasteiger partial charge in [-0.05, 0) is 56.3 Å². The van der Waals surface area contributed by atoms with Gasteiger partial charge in [0.05, 0.1) is 19.3 Å². The van der Waals surface area contributed by atoms with Gasteiger partial charge in [0.25, 0.3) is 0 Å². The van der Waals surface area contributed by atoms with Gasteiger partial charge in [0.2, 0.25) is 5.91 Å². The SMILES string of the molecule is C[C@H](Sc1nnc([C@@H](C)[NH+](C)C)n1-c1ccc(Cl)cc1)C(=O)Nc1cccc(Cl)c1. The van der Waals surface area contributed by atoms with E-state index >= 15 is 0 Å². The molecule has 0 aliphatic carbocycles. The van der Waals surface area contributed by atoms with Crippen molar-refractivity contribution in [1.29, 1.82) is 0 Å². The van der Waals surface area contributed by atoms with Crippen molar-refractivity contribution in [2.75, 3.05) is 19.4 Å². The summed E-state index contributed by atoms with van der Waals surface area (Å²) < 4.78 is 1.99. The summed E-state index contributed by atoms with van der Waals surface area (Å²) in [6.45, 7) is 3.93. The molecule has 0 bridgehead atoms. The Morgan fingerprint density at radius 2 is 1.77 bits per heavy atom. The first-order chi connectivity index (χ1) is 14.3. The summed E-state index contributed by atoms with van der Waals surface area (Å²) in [5.74, 6) is 0.683. The molecule has 1 heterocycles. The molecule has 9 heteroatoms. The van der Waals surface area contributed by atoms with Crippen LogP contribution in [0.1, 0.15) is 25.7 Å². The maximum absolute atomic E-state index is 12.7. The molecule has 0 spiro atoms. The highest BCUT2D eigenvalue weighted by Crippen LogP contribution is 2.28. The van der Waals surface area contributed by atoms with Gasteiger partial charge in [-0.25, -0.2) is 0 Å².